The number of aryl methyl sites for hydroxylation is 4. The molecule has 0 amide bonds. The molecular formula is C21H26N2O3S2. The van der Waals surface area contributed by atoms with Crippen LogP contribution in [0.1, 0.15) is 27.1 Å². The van der Waals surface area contributed by atoms with Crippen molar-refractivity contribution in [3.05, 3.63) is 49.6 Å². The lowest BCUT2D eigenvalue weighted by Crippen LogP contribution is -2.23. The maximum Gasteiger partial charge on any atom is 0.262 e. The summed E-state index contributed by atoms with van der Waals surface area (Å²) in [5, 5.41) is 11.7. The molecule has 1 atom stereocenters. The van der Waals surface area contributed by atoms with Crippen LogP contribution in [0.2, 0.25) is 0 Å². The Kier molecular flexibility index (Phi) is 6.17. The molecule has 0 radical (unpaired) electrons. The van der Waals surface area contributed by atoms with Crippen molar-refractivity contribution in [2.24, 2.45) is 7.05 Å². The molecule has 0 aliphatic rings. The standard InChI is InChI=1S/C21H26N2O3S2/c1-11-7-8-12(2)18(13(11)3)26-9-16(24)10-27-21-22-19-17(20(25)23(21)6)14(4)15(5)28-19/h7-8,16,24H,9-10H2,1-6H3/t16-/m1/s1. The fourth-order valence-corrected chi connectivity index (χ4v) is 4.98. The average molecular weight is 419 g/mol. The van der Waals surface area contributed by atoms with Gasteiger partial charge in [-0.05, 0) is 56.9 Å². The van der Waals surface area contributed by atoms with E-state index in [-0.39, 0.29) is 12.2 Å². The molecule has 150 valence electrons. The molecule has 0 spiro atoms. The van der Waals surface area contributed by atoms with Crippen LogP contribution < -0.4 is 10.3 Å². The van der Waals surface area contributed by atoms with E-state index in [1.807, 2.05) is 40.7 Å². The third kappa shape index (κ3) is 3.97. The maximum absolute atomic E-state index is 12.7. The van der Waals surface area contributed by atoms with E-state index in [4.69, 9.17) is 4.74 Å². The molecule has 28 heavy (non-hydrogen) atoms. The van der Waals surface area contributed by atoms with Gasteiger partial charge in [-0.1, -0.05) is 23.9 Å². The van der Waals surface area contributed by atoms with Crippen LogP contribution >= 0.6 is 23.1 Å². The molecule has 2 aromatic heterocycles. The molecule has 0 fully saturated rings. The molecule has 3 aromatic rings. The van der Waals surface area contributed by atoms with Gasteiger partial charge in [0.1, 0.15) is 17.2 Å². The molecule has 3 rings (SSSR count). The minimum absolute atomic E-state index is 0.0360. The fraction of sp³-hybridized carbons (Fsp3) is 0.429. The molecular weight excluding hydrogens is 392 g/mol. The zero-order valence-corrected chi connectivity index (χ0v) is 18.8. The van der Waals surface area contributed by atoms with Crippen LogP contribution in [0, 0.1) is 34.6 Å². The van der Waals surface area contributed by atoms with Gasteiger partial charge in [0, 0.05) is 17.7 Å². The van der Waals surface area contributed by atoms with Gasteiger partial charge in [-0.15, -0.1) is 11.3 Å². The van der Waals surface area contributed by atoms with Gasteiger partial charge in [-0.2, -0.15) is 0 Å². The van der Waals surface area contributed by atoms with Gasteiger partial charge in [0.15, 0.2) is 5.16 Å². The number of benzene rings is 1. The van der Waals surface area contributed by atoms with E-state index in [0.29, 0.717) is 16.3 Å². The van der Waals surface area contributed by atoms with Crippen LogP contribution in [-0.2, 0) is 7.05 Å². The largest absolute Gasteiger partial charge is 0.490 e. The van der Waals surface area contributed by atoms with Crippen molar-refractivity contribution in [3.63, 3.8) is 0 Å². The number of ether oxygens (including phenoxy) is 1. The number of rotatable bonds is 6. The number of aromatic nitrogens is 2. The van der Waals surface area contributed by atoms with Gasteiger partial charge >= 0.3 is 0 Å². The van der Waals surface area contributed by atoms with Crippen molar-refractivity contribution >= 4 is 33.3 Å². The SMILES string of the molecule is Cc1ccc(C)c(OC[C@@H](O)CSc2nc3sc(C)c(C)c3c(=O)n2C)c1C. The van der Waals surface area contributed by atoms with Crippen molar-refractivity contribution in [1.82, 2.24) is 9.55 Å². The van der Waals surface area contributed by atoms with Crippen molar-refractivity contribution in [2.75, 3.05) is 12.4 Å². The Morgan fingerprint density at radius 3 is 2.57 bits per heavy atom. The number of fused-ring (bicyclic) bond motifs is 1. The Balaban J connectivity index is 1.70. The summed E-state index contributed by atoms with van der Waals surface area (Å²) < 4.78 is 7.46. The van der Waals surface area contributed by atoms with E-state index in [0.717, 1.165) is 32.1 Å². The van der Waals surface area contributed by atoms with Gasteiger partial charge in [-0.25, -0.2) is 4.98 Å². The van der Waals surface area contributed by atoms with Gasteiger partial charge in [0.25, 0.3) is 5.56 Å². The third-order valence-electron chi connectivity index (χ3n) is 5.07. The van der Waals surface area contributed by atoms with Gasteiger partial charge in [0.2, 0.25) is 0 Å². The Labute approximate surface area is 173 Å². The summed E-state index contributed by atoms with van der Waals surface area (Å²) in [4.78, 5) is 19.2. The first-order chi connectivity index (χ1) is 13.2. The molecule has 0 unspecified atom stereocenters. The normalized spacial score (nSPS) is 12.5. The third-order valence-corrected chi connectivity index (χ3v) is 7.34. The van der Waals surface area contributed by atoms with Crippen LogP contribution in [-0.4, -0.2) is 33.1 Å². The Morgan fingerprint density at radius 2 is 1.86 bits per heavy atom. The van der Waals surface area contributed by atoms with Crippen LogP contribution in [0.3, 0.4) is 0 Å². The molecule has 0 saturated heterocycles. The van der Waals surface area contributed by atoms with Gasteiger partial charge in [-0.3, -0.25) is 9.36 Å². The molecule has 0 aliphatic carbocycles. The predicted octanol–water partition coefficient (Wildman–Crippen LogP) is 4.07. The second-order valence-electron chi connectivity index (χ2n) is 7.15. The Bertz CT molecular complexity index is 1090. The van der Waals surface area contributed by atoms with Crippen LogP contribution in [0.25, 0.3) is 10.2 Å². The molecule has 7 heteroatoms. The average Bonchev–Trinajstić information content (AvgIpc) is 2.94. The molecule has 5 nitrogen and oxygen atoms in total. The molecule has 2 heterocycles. The summed E-state index contributed by atoms with van der Waals surface area (Å²) >= 11 is 2.91. The molecule has 1 N–H and O–H groups in total. The van der Waals surface area contributed by atoms with E-state index in [1.54, 1.807) is 11.6 Å². The lowest BCUT2D eigenvalue weighted by atomic mass is 10.1. The van der Waals surface area contributed by atoms with Gasteiger partial charge < -0.3 is 9.84 Å². The molecule has 1 aromatic carbocycles. The highest BCUT2D eigenvalue weighted by molar-refractivity contribution is 7.99. The number of thioether (sulfide) groups is 1. The van der Waals surface area contributed by atoms with Crippen molar-refractivity contribution in [2.45, 2.75) is 45.9 Å². The first kappa shape index (κ1) is 20.9. The summed E-state index contributed by atoms with van der Waals surface area (Å²) in [6.45, 7) is 10.2. The lowest BCUT2D eigenvalue weighted by molar-refractivity contribution is 0.125. The van der Waals surface area contributed by atoms with E-state index in [1.165, 1.54) is 28.7 Å². The van der Waals surface area contributed by atoms with Crippen molar-refractivity contribution < 1.29 is 9.84 Å². The van der Waals surface area contributed by atoms with Crippen LogP contribution in [0.4, 0.5) is 0 Å². The minimum Gasteiger partial charge on any atom is -0.490 e. The second-order valence-corrected chi connectivity index (χ2v) is 9.34. The van der Waals surface area contributed by atoms with Crippen molar-refractivity contribution in [3.8, 4) is 5.75 Å². The highest BCUT2D eigenvalue weighted by Crippen LogP contribution is 2.29. The van der Waals surface area contributed by atoms with Crippen molar-refractivity contribution in [1.29, 1.82) is 0 Å². The molecule has 0 aliphatic heterocycles. The summed E-state index contributed by atoms with van der Waals surface area (Å²) in [7, 11) is 1.73. The summed E-state index contributed by atoms with van der Waals surface area (Å²) in [5.74, 6) is 1.24. The number of nitrogens with zero attached hydrogens (tertiary/aromatic N) is 2. The predicted molar refractivity (Wildman–Crippen MR) is 117 cm³/mol. The highest BCUT2D eigenvalue weighted by Gasteiger charge is 2.16. The zero-order valence-electron chi connectivity index (χ0n) is 17.1. The first-order valence-electron chi connectivity index (χ1n) is 9.17. The van der Waals surface area contributed by atoms with E-state index < -0.39 is 6.10 Å². The number of aliphatic hydroxyl groups excluding tert-OH is 1. The number of thiophene rings is 1. The fourth-order valence-electron chi connectivity index (χ4n) is 3.03. The van der Waals surface area contributed by atoms with Crippen LogP contribution in [0.15, 0.2) is 22.1 Å². The molecule has 0 saturated carbocycles. The summed E-state index contributed by atoms with van der Waals surface area (Å²) in [6.07, 6.45) is -0.663. The van der Waals surface area contributed by atoms with Gasteiger partial charge in [0.05, 0.1) is 11.5 Å². The number of hydrogen-bond acceptors (Lipinski definition) is 6. The minimum atomic E-state index is -0.663. The van der Waals surface area contributed by atoms with E-state index >= 15 is 0 Å². The van der Waals surface area contributed by atoms with E-state index in [9.17, 15) is 9.90 Å². The van der Waals surface area contributed by atoms with Crippen LogP contribution in [0.5, 0.6) is 5.75 Å². The first-order valence-corrected chi connectivity index (χ1v) is 11.0. The monoisotopic (exact) mass is 418 g/mol. The molecule has 0 bridgehead atoms. The summed E-state index contributed by atoms with van der Waals surface area (Å²) in [5.41, 5.74) is 4.28. The number of aliphatic hydroxyl groups is 1. The Hall–Kier alpha value is -1.83. The Morgan fingerprint density at radius 1 is 1.18 bits per heavy atom. The topological polar surface area (TPSA) is 64.3 Å². The highest BCUT2D eigenvalue weighted by atomic mass is 32.2. The number of hydrogen-bond donors (Lipinski definition) is 1. The zero-order chi connectivity index (χ0) is 20.6. The second kappa shape index (κ2) is 8.27. The summed E-state index contributed by atoms with van der Waals surface area (Å²) in [6, 6.07) is 4.10. The maximum atomic E-state index is 12.7. The smallest absolute Gasteiger partial charge is 0.262 e. The quantitative estimate of drug-likeness (QED) is 0.483. The lowest BCUT2D eigenvalue weighted by Gasteiger charge is -2.17. The van der Waals surface area contributed by atoms with E-state index in [2.05, 4.69) is 11.1 Å².